The van der Waals surface area contributed by atoms with Crippen LogP contribution in [0.5, 0.6) is 5.75 Å². The van der Waals surface area contributed by atoms with E-state index in [1.54, 1.807) is 12.1 Å². The van der Waals surface area contributed by atoms with Crippen molar-refractivity contribution in [2.75, 3.05) is 29.9 Å². The Balaban J connectivity index is 1.49. The van der Waals surface area contributed by atoms with Gasteiger partial charge in [0.05, 0.1) is 6.21 Å². The van der Waals surface area contributed by atoms with Gasteiger partial charge in [-0.15, -0.1) is 0 Å². The molecule has 160 valence electrons. The Labute approximate surface area is 177 Å². The first-order valence-electron chi connectivity index (χ1n) is 9.75. The lowest BCUT2D eigenvalue weighted by Gasteiger charge is -2.17. The van der Waals surface area contributed by atoms with Crippen LogP contribution in [0, 0.1) is 5.82 Å². The van der Waals surface area contributed by atoms with Gasteiger partial charge in [0.15, 0.2) is 11.6 Å². The van der Waals surface area contributed by atoms with Gasteiger partial charge in [0.25, 0.3) is 5.91 Å². The van der Waals surface area contributed by atoms with Gasteiger partial charge in [0.2, 0.25) is 5.91 Å². The summed E-state index contributed by atoms with van der Waals surface area (Å²) in [6.07, 6.45) is 3.34. The molecule has 2 heterocycles. The maximum atomic E-state index is 14.2. The van der Waals surface area contributed by atoms with E-state index in [0.717, 1.165) is 48.9 Å². The molecule has 0 aromatic heterocycles. The van der Waals surface area contributed by atoms with Gasteiger partial charge in [-0.1, -0.05) is 0 Å². The molecule has 2 saturated heterocycles. The molecule has 0 atom stereocenters. The van der Waals surface area contributed by atoms with E-state index < -0.39 is 29.4 Å². The molecule has 9 nitrogen and oxygen atoms in total. The Morgan fingerprint density at radius 1 is 1.16 bits per heavy atom. The largest absolute Gasteiger partial charge is 0.504 e. The van der Waals surface area contributed by atoms with E-state index in [1.165, 1.54) is 6.07 Å². The highest BCUT2D eigenvalue weighted by Gasteiger charge is 2.26. The molecule has 0 radical (unpaired) electrons. The first-order chi connectivity index (χ1) is 14.9. The van der Waals surface area contributed by atoms with Crippen LogP contribution in [0.15, 0.2) is 41.5 Å². The summed E-state index contributed by atoms with van der Waals surface area (Å²) in [5.41, 5.74) is 1.47. The highest BCUT2D eigenvalue weighted by atomic mass is 19.1. The Morgan fingerprint density at radius 3 is 2.52 bits per heavy atom. The summed E-state index contributed by atoms with van der Waals surface area (Å²) in [5.74, 6) is -2.83. The van der Waals surface area contributed by atoms with Crippen LogP contribution in [0.1, 0.15) is 28.8 Å². The zero-order chi connectivity index (χ0) is 22.0. The molecule has 0 saturated carbocycles. The zero-order valence-corrected chi connectivity index (χ0v) is 16.5. The molecule has 0 bridgehead atoms. The Bertz CT molecular complexity index is 1060. The lowest BCUT2D eigenvalue weighted by Crippen LogP contribution is -2.24. The van der Waals surface area contributed by atoms with E-state index in [0.29, 0.717) is 5.69 Å². The second kappa shape index (κ2) is 8.42. The van der Waals surface area contributed by atoms with Crippen LogP contribution in [0.3, 0.4) is 0 Å². The number of carbonyl (C=O) groups is 3. The number of benzene rings is 2. The van der Waals surface area contributed by atoms with Gasteiger partial charge in [0, 0.05) is 35.6 Å². The standard InChI is InChI=1S/C21H20FN5O4/c22-17-10-13(9-14(19(17)29)11-23-27-12-18(28)25-21(27)31)20(30)24-15-3-5-16(6-4-15)26-7-1-2-8-26/h3-6,9-11,29H,1-2,7-8,12H2,(H,24,30)(H,25,28,31)/b23-11+. The number of hydrazone groups is 1. The Hall–Kier alpha value is -3.95. The molecule has 0 aliphatic carbocycles. The number of nitrogens with one attached hydrogen (secondary N) is 2. The Morgan fingerprint density at radius 2 is 1.87 bits per heavy atom. The van der Waals surface area contributed by atoms with Gasteiger partial charge >= 0.3 is 6.03 Å². The Kier molecular flexibility index (Phi) is 5.52. The first kappa shape index (κ1) is 20.3. The van der Waals surface area contributed by atoms with Gasteiger partial charge in [0.1, 0.15) is 6.54 Å². The monoisotopic (exact) mass is 425 g/mol. The molecule has 2 aliphatic rings. The summed E-state index contributed by atoms with van der Waals surface area (Å²) in [4.78, 5) is 37.6. The lowest BCUT2D eigenvalue weighted by atomic mass is 10.1. The zero-order valence-electron chi connectivity index (χ0n) is 16.5. The summed E-state index contributed by atoms with van der Waals surface area (Å²) in [6.45, 7) is 1.73. The molecule has 2 aliphatic heterocycles. The van der Waals surface area contributed by atoms with E-state index in [9.17, 15) is 23.9 Å². The SMILES string of the molecule is O=C1CN(/N=C/c2cc(C(=O)Nc3ccc(N4CCCC4)cc3)cc(F)c2O)C(=O)N1. The number of urea groups is 1. The van der Waals surface area contributed by atoms with Crippen molar-refractivity contribution in [3.05, 3.63) is 53.3 Å². The number of halogens is 1. The first-order valence-corrected chi connectivity index (χ1v) is 9.75. The van der Waals surface area contributed by atoms with Crippen molar-refractivity contribution in [3.8, 4) is 5.75 Å². The second-order valence-corrected chi connectivity index (χ2v) is 7.25. The predicted octanol–water partition coefficient (Wildman–Crippen LogP) is 2.27. The summed E-state index contributed by atoms with van der Waals surface area (Å²) in [7, 11) is 0. The van der Waals surface area contributed by atoms with Crippen LogP contribution < -0.4 is 15.5 Å². The van der Waals surface area contributed by atoms with Crippen LogP contribution in [-0.4, -0.2) is 53.8 Å². The fraction of sp³-hybridized carbons (Fsp3) is 0.238. The van der Waals surface area contributed by atoms with E-state index in [4.69, 9.17) is 0 Å². The van der Waals surface area contributed by atoms with Gasteiger partial charge in [-0.25, -0.2) is 14.2 Å². The fourth-order valence-corrected chi connectivity index (χ4v) is 3.44. The molecule has 10 heteroatoms. The van der Waals surface area contributed by atoms with E-state index >= 15 is 0 Å². The van der Waals surface area contributed by atoms with Crippen molar-refractivity contribution in [1.82, 2.24) is 10.3 Å². The quantitative estimate of drug-likeness (QED) is 0.502. The number of phenols is 1. The van der Waals surface area contributed by atoms with Crippen molar-refractivity contribution in [2.45, 2.75) is 12.8 Å². The molecule has 0 spiro atoms. The summed E-state index contributed by atoms with van der Waals surface area (Å²) in [6, 6.07) is 8.80. The number of nitrogens with zero attached hydrogens (tertiary/aromatic N) is 3. The van der Waals surface area contributed by atoms with E-state index in [2.05, 4.69) is 15.3 Å². The van der Waals surface area contributed by atoms with Gasteiger partial charge < -0.3 is 15.3 Å². The topological polar surface area (TPSA) is 114 Å². The average Bonchev–Trinajstić information content (AvgIpc) is 3.39. The van der Waals surface area contributed by atoms with Gasteiger partial charge in [-0.05, 0) is 49.2 Å². The van der Waals surface area contributed by atoms with Crippen molar-refractivity contribution in [1.29, 1.82) is 0 Å². The summed E-state index contributed by atoms with van der Waals surface area (Å²) >= 11 is 0. The molecule has 4 amide bonds. The number of phenolic OH excluding ortho intramolecular Hbond substituents is 1. The van der Waals surface area contributed by atoms with Crippen LogP contribution >= 0.6 is 0 Å². The number of carbonyl (C=O) groups excluding carboxylic acids is 3. The smallest absolute Gasteiger partial charge is 0.344 e. The number of aromatic hydroxyl groups is 1. The number of hydrogen-bond acceptors (Lipinski definition) is 6. The molecule has 4 rings (SSSR count). The third-order valence-electron chi connectivity index (χ3n) is 5.06. The van der Waals surface area contributed by atoms with Gasteiger partial charge in [-0.2, -0.15) is 5.10 Å². The highest BCUT2D eigenvalue weighted by molar-refractivity contribution is 6.06. The third-order valence-corrected chi connectivity index (χ3v) is 5.06. The minimum atomic E-state index is -1.01. The number of hydrogen-bond donors (Lipinski definition) is 3. The van der Waals surface area contributed by atoms with Crippen LogP contribution in [0.2, 0.25) is 0 Å². The molecule has 2 aromatic rings. The second-order valence-electron chi connectivity index (χ2n) is 7.25. The number of rotatable bonds is 5. The fourth-order valence-electron chi connectivity index (χ4n) is 3.44. The molecule has 31 heavy (non-hydrogen) atoms. The number of anilines is 2. The van der Waals surface area contributed by atoms with Crippen molar-refractivity contribution < 1.29 is 23.9 Å². The molecular formula is C21H20FN5O4. The van der Waals surface area contributed by atoms with Crippen molar-refractivity contribution in [3.63, 3.8) is 0 Å². The highest BCUT2D eigenvalue weighted by Crippen LogP contribution is 2.24. The van der Waals surface area contributed by atoms with Crippen LogP contribution in [-0.2, 0) is 4.79 Å². The molecule has 2 fully saturated rings. The lowest BCUT2D eigenvalue weighted by molar-refractivity contribution is -0.118. The van der Waals surface area contributed by atoms with Crippen molar-refractivity contribution >= 4 is 35.4 Å². The summed E-state index contributed by atoms with van der Waals surface area (Å²) in [5, 5.41) is 19.3. The number of amides is 4. The maximum Gasteiger partial charge on any atom is 0.344 e. The number of imide groups is 1. The van der Waals surface area contributed by atoms with Crippen LogP contribution in [0.4, 0.5) is 20.6 Å². The predicted molar refractivity (Wildman–Crippen MR) is 112 cm³/mol. The maximum absolute atomic E-state index is 14.2. The average molecular weight is 425 g/mol. The van der Waals surface area contributed by atoms with E-state index in [1.807, 2.05) is 17.4 Å². The minimum absolute atomic E-state index is 0.0395. The van der Waals surface area contributed by atoms with Crippen LogP contribution in [0.25, 0.3) is 0 Å². The molecule has 0 unspecified atom stereocenters. The molecular weight excluding hydrogens is 405 g/mol. The van der Waals surface area contributed by atoms with Gasteiger partial charge in [-0.3, -0.25) is 14.9 Å². The molecule has 2 aromatic carbocycles. The summed E-state index contributed by atoms with van der Waals surface area (Å²) < 4.78 is 14.2. The third kappa shape index (κ3) is 4.47. The minimum Gasteiger partial charge on any atom is -0.504 e. The normalized spacial score (nSPS) is 16.3. The van der Waals surface area contributed by atoms with E-state index in [-0.39, 0.29) is 17.7 Å². The van der Waals surface area contributed by atoms with Crippen molar-refractivity contribution in [2.24, 2.45) is 5.10 Å². The molecule has 3 N–H and O–H groups in total.